The highest BCUT2D eigenvalue weighted by Gasteiger charge is 2.31. The zero-order chi connectivity index (χ0) is 23.0. The highest BCUT2D eigenvalue weighted by molar-refractivity contribution is 5.97. The van der Waals surface area contributed by atoms with E-state index in [2.05, 4.69) is 23.6 Å². The predicted octanol–water partition coefficient (Wildman–Crippen LogP) is 4.75. The third kappa shape index (κ3) is 7.43. The standard InChI is InChI=1S/C25H38N2O4/c1-8-16-29-17-19-10-9-11-22(19)18(2)23(26-6)30-21-14-12-20(13-15-21)27(7)24(28)31-25(3,4)5/h1,11,19-21H,2,9-10,12-17H2,3-7H3/b26-23+/t19-,20-,21-/m0/s1. The molecular weight excluding hydrogens is 392 g/mol. The molecule has 0 N–H and O–H groups in total. The molecular formula is C25H38N2O4. The highest BCUT2D eigenvalue weighted by atomic mass is 16.6. The Labute approximate surface area is 187 Å². The number of ether oxygens (including phenoxy) is 3. The van der Waals surface area contributed by atoms with Crippen LogP contribution in [0.5, 0.6) is 0 Å². The van der Waals surface area contributed by atoms with Gasteiger partial charge in [-0.2, -0.15) is 0 Å². The molecule has 1 fully saturated rings. The third-order valence-corrected chi connectivity index (χ3v) is 5.78. The molecule has 0 aromatic carbocycles. The lowest BCUT2D eigenvalue weighted by Gasteiger charge is -2.35. The summed E-state index contributed by atoms with van der Waals surface area (Å²) in [6.45, 7) is 10.8. The maximum atomic E-state index is 12.3. The van der Waals surface area contributed by atoms with Crippen LogP contribution in [-0.2, 0) is 14.2 Å². The van der Waals surface area contributed by atoms with Gasteiger partial charge >= 0.3 is 6.09 Å². The first-order valence-corrected chi connectivity index (χ1v) is 11.2. The van der Waals surface area contributed by atoms with Gasteiger partial charge in [0.05, 0.1) is 6.61 Å². The number of terminal acetylenes is 1. The predicted molar refractivity (Wildman–Crippen MR) is 124 cm³/mol. The van der Waals surface area contributed by atoms with Gasteiger partial charge in [-0.05, 0) is 64.9 Å². The van der Waals surface area contributed by atoms with E-state index in [0.717, 1.165) is 49.7 Å². The molecule has 0 saturated heterocycles. The lowest BCUT2D eigenvalue weighted by Crippen LogP contribution is -2.43. The van der Waals surface area contributed by atoms with Crippen LogP contribution in [0.4, 0.5) is 4.79 Å². The fraction of sp³-hybridized carbons (Fsp3) is 0.680. The average molecular weight is 431 g/mol. The van der Waals surface area contributed by atoms with Gasteiger partial charge in [0.1, 0.15) is 18.3 Å². The van der Waals surface area contributed by atoms with Crippen LogP contribution >= 0.6 is 0 Å². The van der Waals surface area contributed by atoms with Crippen molar-refractivity contribution in [1.29, 1.82) is 0 Å². The molecule has 0 aliphatic heterocycles. The van der Waals surface area contributed by atoms with Crippen LogP contribution in [0, 0.1) is 18.3 Å². The van der Waals surface area contributed by atoms with E-state index in [1.54, 1.807) is 11.9 Å². The van der Waals surface area contributed by atoms with Crippen molar-refractivity contribution >= 4 is 12.0 Å². The number of hydrogen-bond donors (Lipinski definition) is 0. The van der Waals surface area contributed by atoms with Gasteiger partial charge in [0.25, 0.3) is 0 Å². The molecule has 31 heavy (non-hydrogen) atoms. The van der Waals surface area contributed by atoms with E-state index in [-0.39, 0.29) is 24.2 Å². The number of allylic oxidation sites excluding steroid dienone is 1. The molecule has 0 aromatic heterocycles. The van der Waals surface area contributed by atoms with Gasteiger partial charge < -0.3 is 19.1 Å². The van der Waals surface area contributed by atoms with E-state index in [1.165, 1.54) is 0 Å². The van der Waals surface area contributed by atoms with Crippen molar-refractivity contribution in [3.63, 3.8) is 0 Å². The normalized spacial score (nSPS) is 24.2. The van der Waals surface area contributed by atoms with Crippen molar-refractivity contribution in [1.82, 2.24) is 4.90 Å². The Kier molecular flexibility index (Phi) is 9.18. The molecule has 0 spiro atoms. The molecule has 2 aliphatic carbocycles. The molecule has 2 rings (SSSR count). The molecule has 0 radical (unpaired) electrons. The smallest absolute Gasteiger partial charge is 0.410 e. The first-order valence-electron chi connectivity index (χ1n) is 11.2. The quantitative estimate of drug-likeness (QED) is 0.253. The van der Waals surface area contributed by atoms with Gasteiger partial charge in [0.15, 0.2) is 0 Å². The summed E-state index contributed by atoms with van der Waals surface area (Å²) >= 11 is 0. The first-order chi connectivity index (χ1) is 14.7. The molecule has 1 amide bonds. The lowest BCUT2D eigenvalue weighted by atomic mass is 9.92. The Hall–Kier alpha value is -2.26. The first kappa shape index (κ1) is 25.0. The van der Waals surface area contributed by atoms with E-state index < -0.39 is 5.60 Å². The summed E-state index contributed by atoms with van der Waals surface area (Å²) in [5, 5.41) is 0. The van der Waals surface area contributed by atoms with Crippen LogP contribution in [0.3, 0.4) is 0 Å². The largest absolute Gasteiger partial charge is 0.474 e. The van der Waals surface area contributed by atoms with Crippen molar-refractivity contribution in [2.45, 2.75) is 77.0 Å². The minimum Gasteiger partial charge on any atom is -0.474 e. The van der Waals surface area contributed by atoms with Crippen LogP contribution in [0.2, 0.25) is 0 Å². The SMILES string of the molecule is C#CCOC[C@@H]1CCC=C1C(=C)/C(=N\C)O[C@H]1CC[C@H](N(C)C(=O)OC(C)(C)C)CC1. The van der Waals surface area contributed by atoms with Gasteiger partial charge in [0.2, 0.25) is 5.90 Å². The van der Waals surface area contributed by atoms with Gasteiger partial charge in [-0.25, -0.2) is 4.79 Å². The van der Waals surface area contributed by atoms with E-state index >= 15 is 0 Å². The summed E-state index contributed by atoms with van der Waals surface area (Å²) < 4.78 is 17.3. The maximum Gasteiger partial charge on any atom is 0.410 e. The Balaban J connectivity index is 1.87. The third-order valence-electron chi connectivity index (χ3n) is 5.78. The van der Waals surface area contributed by atoms with Crippen molar-refractivity contribution < 1.29 is 19.0 Å². The van der Waals surface area contributed by atoms with E-state index in [0.29, 0.717) is 19.1 Å². The Bertz CT molecular complexity index is 734. The second-order valence-corrected chi connectivity index (χ2v) is 9.30. The van der Waals surface area contributed by atoms with Crippen LogP contribution in [0.25, 0.3) is 0 Å². The molecule has 0 heterocycles. The molecule has 0 unspecified atom stereocenters. The van der Waals surface area contributed by atoms with E-state index in [1.807, 2.05) is 27.8 Å². The summed E-state index contributed by atoms with van der Waals surface area (Å²) in [6.07, 6.45) is 12.8. The number of hydrogen-bond acceptors (Lipinski definition) is 5. The minimum absolute atomic E-state index is 0.0666. The van der Waals surface area contributed by atoms with Gasteiger partial charge in [0, 0.05) is 31.6 Å². The zero-order valence-corrected chi connectivity index (χ0v) is 19.8. The topological polar surface area (TPSA) is 60.4 Å². The maximum absolute atomic E-state index is 12.3. The van der Waals surface area contributed by atoms with Crippen LogP contribution in [0.15, 0.2) is 28.8 Å². The van der Waals surface area contributed by atoms with Crippen molar-refractivity contribution in [2.75, 3.05) is 27.3 Å². The number of nitrogens with zero attached hydrogens (tertiary/aromatic N) is 2. The van der Waals surface area contributed by atoms with Crippen LogP contribution in [-0.4, -0.2) is 61.9 Å². The second-order valence-electron chi connectivity index (χ2n) is 9.30. The van der Waals surface area contributed by atoms with Gasteiger partial charge in [-0.3, -0.25) is 4.99 Å². The molecule has 6 heteroatoms. The number of amides is 1. The average Bonchev–Trinajstić information content (AvgIpc) is 3.19. The number of carbonyl (C=O) groups is 1. The summed E-state index contributed by atoms with van der Waals surface area (Å²) in [5.41, 5.74) is 1.50. The van der Waals surface area contributed by atoms with Gasteiger partial charge in [-0.15, -0.1) is 6.42 Å². The van der Waals surface area contributed by atoms with Crippen molar-refractivity contribution in [3.05, 3.63) is 23.8 Å². The van der Waals surface area contributed by atoms with Crippen LogP contribution < -0.4 is 0 Å². The van der Waals surface area contributed by atoms with E-state index in [4.69, 9.17) is 20.6 Å². The molecule has 0 bridgehead atoms. The number of rotatable bonds is 7. The van der Waals surface area contributed by atoms with Crippen molar-refractivity contribution in [3.8, 4) is 12.3 Å². The summed E-state index contributed by atoms with van der Waals surface area (Å²) in [4.78, 5) is 18.4. The van der Waals surface area contributed by atoms with Crippen LogP contribution in [0.1, 0.15) is 59.3 Å². The monoisotopic (exact) mass is 430 g/mol. The minimum atomic E-state index is -0.489. The second kappa shape index (κ2) is 11.4. The Morgan fingerprint density at radius 2 is 1.97 bits per heavy atom. The molecule has 6 nitrogen and oxygen atoms in total. The van der Waals surface area contributed by atoms with Gasteiger partial charge in [-0.1, -0.05) is 18.6 Å². The number of aliphatic imine (C=N–C) groups is 1. The summed E-state index contributed by atoms with van der Waals surface area (Å²) in [5.74, 6) is 3.38. The fourth-order valence-corrected chi connectivity index (χ4v) is 4.14. The number of carbonyl (C=O) groups excluding carboxylic acids is 1. The zero-order valence-electron chi connectivity index (χ0n) is 19.8. The molecule has 2 aliphatic rings. The van der Waals surface area contributed by atoms with E-state index in [9.17, 15) is 4.79 Å². The molecule has 1 atom stereocenters. The summed E-state index contributed by atoms with van der Waals surface area (Å²) in [7, 11) is 3.55. The Morgan fingerprint density at radius 1 is 1.29 bits per heavy atom. The lowest BCUT2D eigenvalue weighted by molar-refractivity contribution is 0.0132. The summed E-state index contributed by atoms with van der Waals surface area (Å²) in [6, 6.07) is 0.162. The molecule has 1 saturated carbocycles. The highest BCUT2D eigenvalue weighted by Crippen LogP contribution is 2.33. The fourth-order valence-electron chi connectivity index (χ4n) is 4.14. The Morgan fingerprint density at radius 3 is 2.55 bits per heavy atom. The molecule has 0 aromatic rings. The van der Waals surface area contributed by atoms with Crippen molar-refractivity contribution in [2.24, 2.45) is 10.9 Å². The molecule has 172 valence electrons.